The summed E-state index contributed by atoms with van der Waals surface area (Å²) in [4.78, 5) is 1.77. The molecular weight excluding hydrogens is 172 g/mol. The molecule has 0 amide bonds. The van der Waals surface area contributed by atoms with Crippen LogP contribution in [0.3, 0.4) is 0 Å². The third kappa shape index (κ3) is 1.76. The molecule has 1 heterocycles. The standard InChI is InChI=1S/C8H14N2OS/c1-6-7(2)12-8(9)10(6)4-3-5-11/h9,11H,3-5H2,1-2H3. The Bertz CT molecular complexity index is 313. The summed E-state index contributed by atoms with van der Waals surface area (Å²) < 4.78 is 1.94. The summed E-state index contributed by atoms with van der Waals surface area (Å²) in [5, 5.41) is 16.3. The Hall–Kier alpha value is -0.610. The molecule has 4 heteroatoms. The first-order valence-corrected chi connectivity index (χ1v) is 4.80. The van der Waals surface area contributed by atoms with Crippen molar-refractivity contribution >= 4 is 11.3 Å². The van der Waals surface area contributed by atoms with E-state index in [9.17, 15) is 0 Å². The second kappa shape index (κ2) is 3.87. The molecule has 0 aliphatic rings. The van der Waals surface area contributed by atoms with Gasteiger partial charge in [0.2, 0.25) is 0 Å². The Kier molecular flexibility index (Phi) is 3.05. The lowest BCUT2D eigenvalue weighted by molar-refractivity contribution is 0.278. The fraction of sp³-hybridized carbons (Fsp3) is 0.625. The molecule has 1 aromatic heterocycles. The van der Waals surface area contributed by atoms with Gasteiger partial charge in [-0.3, -0.25) is 5.41 Å². The summed E-state index contributed by atoms with van der Waals surface area (Å²) in [6.07, 6.45) is 0.730. The van der Waals surface area contributed by atoms with Crippen LogP contribution in [0.5, 0.6) is 0 Å². The molecule has 3 nitrogen and oxygen atoms in total. The maximum Gasteiger partial charge on any atom is 0.182 e. The highest BCUT2D eigenvalue weighted by molar-refractivity contribution is 7.09. The van der Waals surface area contributed by atoms with E-state index in [1.807, 2.05) is 18.4 Å². The van der Waals surface area contributed by atoms with Gasteiger partial charge in [-0.1, -0.05) is 0 Å². The second-order valence-electron chi connectivity index (χ2n) is 2.78. The summed E-state index contributed by atoms with van der Waals surface area (Å²) >= 11 is 1.49. The molecule has 0 spiro atoms. The van der Waals surface area contributed by atoms with Gasteiger partial charge in [-0.15, -0.1) is 11.3 Å². The molecule has 2 N–H and O–H groups in total. The van der Waals surface area contributed by atoms with Crippen molar-refractivity contribution in [3.63, 3.8) is 0 Å². The molecule has 1 aromatic rings. The number of aliphatic hydroxyl groups excluding tert-OH is 1. The third-order valence-corrected chi connectivity index (χ3v) is 2.96. The zero-order chi connectivity index (χ0) is 9.14. The van der Waals surface area contributed by atoms with Crippen molar-refractivity contribution in [3.8, 4) is 0 Å². The van der Waals surface area contributed by atoms with Crippen LogP contribution in [0.25, 0.3) is 0 Å². The first-order valence-electron chi connectivity index (χ1n) is 3.99. The molecule has 0 radical (unpaired) electrons. The van der Waals surface area contributed by atoms with E-state index in [1.54, 1.807) is 0 Å². The Morgan fingerprint density at radius 1 is 1.50 bits per heavy atom. The van der Waals surface area contributed by atoms with Crippen molar-refractivity contribution in [1.29, 1.82) is 5.41 Å². The molecule has 0 bridgehead atoms. The zero-order valence-corrected chi connectivity index (χ0v) is 8.24. The van der Waals surface area contributed by atoms with E-state index in [2.05, 4.69) is 0 Å². The molecule has 0 unspecified atom stereocenters. The van der Waals surface area contributed by atoms with Crippen LogP contribution in [0.15, 0.2) is 0 Å². The molecule has 12 heavy (non-hydrogen) atoms. The van der Waals surface area contributed by atoms with Gasteiger partial charge < -0.3 is 9.67 Å². The Labute approximate surface area is 75.8 Å². The summed E-state index contributed by atoms with van der Waals surface area (Å²) in [5.74, 6) is 0. The first-order chi connectivity index (χ1) is 5.66. The first kappa shape index (κ1) is 9.48. The van der Waals surface area contributed by atoms with Gasteiger partial charge in [-0.2, -0.15) is 0 Å². The van der Waals surface area contributed by atoms with Gasteiger partial charge in [0.15, 0.2) is 4.80 Å². The quantitative estimate of drug-likeness (QED) is 0.727. The molecular formula is C8H14N2OS. The monoisotopic (exact) mass is 186 g/mol. The fourth-order valence-electron chi connectivity index (χ4n) is 1.11. The predicted molar refractivity (Wildman–Crippen MR) is 49.3 cm³/mol. The Morgan fingerprint density at radius 2 is 2.17 bits per heavy atom. The Balaban J connectivity index is 2.90. The maximum atomic E-state index is 8.65. The molecule has 0 saturated heterocycles. The number of hydrogen-bond donors (Lipinski definition) is 2. The van der Waals surface area contributed by atoms with Crippen molar-refractivity contribution in [3.05, 3.63) is 15.4 Å². The Morgan fingerprint density at radius 3 is 2.58 bits per heavy atom. The van der Waals surface area contributed by atoms with Gasteiger partial charge in [0, 0.05) is 23.7 Å². The van der Waals surface area contributed by atoms with E-state index in [-0.39, 0.29) is 6.61 Å². The van der Waals surface area contributed by atoms with Gasteiger partial charge in [0.05, 0.1) is 0 Å². The number of aryl methyl sites for hydroxylation is 1. The number of rotatable bonds is 3. The van der Waals surface area contributed by atoms with Crippen LogP contribution in [-0.4, -0.2) is 16.3 Å². The highest BCUT2D eigenvalue weighted by atomic mass is 32.1. The van der Waals surface area contributed by atoms with Gasteiger partial charge >= 0.3 is 0 Å². The van der Waals surface area contributed by atoms with E-state index in [0.29, 0.717) is 4.80 Å². The highest BCUT2D eigenvalue weighted by Gasteiger charge is 2.03. The third-order valence-electron chi connectivity index (χ3n) is 1.95. The van der Waals surface area contributed by atoms with Crippen molar-refractivity contribution < 1.29 is 5.11 Å². The SMILES string of the molecule is Cc1sc(=N)n(CCCO)c1C. The number of aromatic nitrogens is 1. The average molecular weight is 186 g/mol. The minimum Gasteiger partial charge on any atom is -0.396 e. The number of hydrogen-bond acceptors (Lipinski definition) is 3. The molecule has 0 aromatic carbocycles. The number of nitrogens with zero attached hydrogens (tertiary/aromatic N) is 1. The van der Waals surface area contributed by atoms with Crippen molar-refractivity contribution in [1.82, 2.24) is 4.57 Å². The smallest absolute Gasteiger partial charge is 0.182 e. The van der Waals surface area contributed by atoms with Gasteiger partial charge in [-0.05, 0) is 20.3 Å². The molecule has 1 rings (SSSR count). The van der Waals surface area contributed by atoms with Crippen molar-refractivity contribution in [2.75, 3.05) is 6.61 Å². The number of thiazole rings is 1. The molecule has 0 atom stereocenters. The van der Waals surface area contributed by atoms with E-state index in [4.69, 9.17) is 10.5 Å². The topological polar surface area (TPSA) is 49.0 Å². The molecule has 68 valence electrons. The van der Waals surface area contributed by atoms with Crippen molar-refractivity contribution in [2.45, 2.75) is 26.8 Å². The number of nitrogens with one attached hydrogen (secondary N) is 1. The van der Waals surface area contributed by atoms with Crippen LogP contribution >= 0.6 is 11.3 Å². The van der Waals surface area contributed by atoms with E-state index in [0.717, 1.165) is 18.7 Å². The molecule has 0 aliphatic heterocycles. The van der Waals surface area contributed by atoms with E-state index >= 15 is 0 Å². The minimum absolute atomic E-state index is 0.195. The fourth-order valence-corrected chi connectivity index (χ4v) is 2.00. The summed E-state index contributed by atoms with van der Waals surface area (Å²) in [7, 11) is 0. The predicted octanol–water partition coefficient (Wildman–Crippen LogP) is 1.03. The van der Waals surface area contributed by atoms with Gasteiger partial charge in [-0.25, -0.2) is 0 Å². The van der Waals surface area contributed by atoms with Crippen LogP contribution in [-0.2, 0) is 6.54 Å². The highest BCUT2D eigenvalue weighted by Crippen LogP contribution is 2.09. The summed E-state index contributed by atoms with van der Waals surface area (Å²) in [6.45, 7) is 4.99. The summed E-state index contributed by atoms with van der Waals surface area (Å²) in [5.41, 5.74) is 1.15. The largest absolute Gasteiger partial charge is 0.396 e. The van der Waals surface area contributed by atoms with Crippen LogP contribution in [0.1, 0.15) is 17.0 Å². The summed E-state index contributed by atoms with van der Waals surface area (Å²) in [6, 6.07) is 0. The zero-order valence-electron chi connectivity index (χ0n) is 7.42. The van der Waals surface area contributed by atoms with Gasteiger partial charge in [0.1, 0.15) is 0 Å². The van der Waals surface area contributed by atoms with Gasteiger partial charge in [0.25, 0.3) is 0 Å². The van der Waals surface area contributed by atoms with Crippen LogP contribution in [0, 0.1) is 19.3 Å². The maximum absolute atomic E-state index is 8.65. The van der Waals surface area contributed by atoms with Crippen molar-refractivity contribution in [2.24, 2.45) is 0 Å². The van der Waals surface area contributed by atoms with E-state index in [1.165, 1.54) is 16.2 Å². The second-order valence-corrected chi connectivity index (χ2v) is 3.98. The lowest BCUT2D eigenvalue weighted by Crippen LogP contribution is -2.15. The number of aliphatic hydroxyl groups is 1. The minimum atomic E-state index is 0.195. The lowest BCUT2D eigenvalue weighted by atomic mass is 10.4. The average Bonchev–Trinajstić information content (AvgIpc) is 2.25. The van der Waals surface area contributed by atoms with Crippen LogP contribution < -0.4 is 4.80 Å². The lowest BCUT2D eigenvalue weighted by Gasteiger charge is -2.03. The molecule has 0 aliphatic carbocycles. The normalized spacial score (nSPS) is 10.6. The van der Waals surface area contributed by atoms with E-state index < -0.39 is 0 Å². The van der Waals surface area contributed by atoms with Crippen LogP contribution in [0.4, 0.5) is 0 Å². The molecule has 0 fully saturated rings. The molecule has 0 saturated carbocycles. The van der Waals surface area contributed by atoms with Crippen LogP contribution in [0.2, 0.25) is 0 Å².